The van der Waals surface area contributed by atoms with E-state index < -0.39 is 0 Å². The Kier molecular flexibility index (Phi) is 5.79. The normalized spacial score (nSPS) is 20.8. The van der Waals surface area contributed by atoms with Gasteiger partial charge in [-0.15, -0.1) is 0 Å². The van der Waals surface area contributed by atoms with Gasteiger partial charge in [0.1, 0.15) is 22.9 Å². The molecular formula is C29H28N6O2. The lowest BCUT2D eigenvalue weighted by molar-refractivity contribution is -0.127. The largest absolute Gasteiger partial charge is 0.382 e. The molecule has 2 fully saturated rings. The number of pyridine rings is 1. The Hall–Kier alpha value is -4.33. The number of Topliss-reactive ketones (excluding diaryl/α,β-unsaturated/α-hetero) is 1. The minimum Gasteiger partial charge on any atom is -0.382 e. The van der Waals surface area contributed by atoms with Crippen molar-refractivity contribution in [3.8, 4) is 11.3 Å². The highest BCUT2D eigenvalue weighted by Crippen LogP contribution is 2.50. The van der Waals surface area contributed by atoms with Crippen molar-refractivity contribution < 1.29 is 9.59 Å². The van der Waals surface area contributed by atoms with E-state index in [0.717, 1.165) is 42.9 Å². The number of rotatable bonds is 6. The number of anilines is 1. The summed E-state index contributed by atoms with van der Waals surface area (Å²) < 4.78 is 1.98. The van der Waals surface area contributed by atoms with Gasteiger partial charge in [0.15, 0.2) is 5.78 Å². The first-order chi connectivity index (χ1) is 18.0. The quantitative estimate of drug-likeness (QED) is 0.318. The highest BCUT2D eigenvalue weighted by molar-refractivity contribution is 5.98. The molecule has 186 valence electrons. The van der Waals surface area contributed by atoms with Crippen LogP contribution in [0.5, 0.6) is 0 Å². The molecule has 1 saturated heterocycles. The van der Waals surface area contributed by atoms with Crippen LogP contribution >= 0.6 is 0 Å². The monoisotopic (exact) mass is 492 g/mol. The molecule has 1 aromatic carbocycles. The molecule has 2 N–H and O–H groups in total. The van der Waals surface area contributed by atoms with Crippen LogP contribution in [0.1, 0.15) is 47.2 Å². The molecule has 4 heterocycles. The van der Waals surface area contributed by atoms with Crippen molar-refractivity contribution in [2.45, 2.75) is 31.7 Å². The smallest absolute Gasteiger partial charge is 0.246 e. The molecule has 8 nitrogen and oxygen atoms in total. The van der Waals surface area contributed by atoms with Crippen molar-refractivity contribution in [1.82, 2.24) is 24.3 Å². The summed E-state index contributed by atoms with van der Waals surface area (Å²) in [6, 6.07) is 12.8. The van der Waals surface area contributed by atoms with Gasteiger partial charge in [-0.05, 0) is 42.9 Å². The number of hydrogen-bond donors (Lipinski definition) is 1. The molecule has 1 aliphatic heterocycles. The molecule has 3 unspecified atom stereocenters. The first-order valence-electron chi connectivity index (χ1n) is 12.6. The summed E-state index contributed by atoms with van der Waals surface area (Å²) in [6.07, 6.45) is 10.2. The average molecular weight is 493 g/mol. The predicted octanol–water partition coefficient (Wildman–Crippen LogP) is 4.28. The third-order valence-corrected chi connectivity index (χ3v) is 7.77. The lowest BCUT2D eigenvalue weighted by Crippen LogP contribution is -2.32. The van der Waals surface area contributed by atoms with Crippen LogP contribution < -0.4 is 5.73 Å². The third-order valence-electron chi connectivity index (χ3n) is 7.77. The second-order valence-electron chi connectivity index (χ2n) is 9.84. The van der Waals surface area contributed by atoms with E-state index in [4.69, 9.17) is 10.7 Å². The number of nitrogens with zero attached hydrogens (tertiary/aromatic N) is 5. The number of fused-ring (bicyclic) bond motifs is 2. The molecule has 0 spiro atoms. The Morgan fingerprint density at radius 3 is 2.68 bits per heavy atom. The van der Waals surface area contributed by atoms with E-state index in [9.17, 15) is 9.59 Å². The topological polar surface area (TPSA) is 106 Å². The SMILES string of the molecule is C=CC(=O)N1CC2CCCC2C1c1nc(-c2ccc(C(=O)Cc3ccccn3)cc2)c2c(N)nccn12. The molecule has 4 aromatic rings. The zero-order chi connectivity index (χ0) is 25.5. The number of hydrogen-bond acceptors (Lipinski definition) is 6. The fourth-order valence-electron chi connectivity index (χ4n) is 6.06. The zero-order valence-electron chi connectivity index (χ0n) is 20.5. The van der Waals surface area contributed by atoms with Gasteiger partial charge in [0.2, 0.25) is 5.91 Å². The van der Waals surface area contributed by atoms with Gasteiger partial charge in [-0.3, -0.25) is 19.0 Å². The van der Waals surface area contributed by atoms with Crippen LogP contribution in [0.2, 0.25) is 0 Å². The van der Waals surface area contributed by atoms with E-state index in [1.165, 1.54) is 6.08 Å². The van der Waals surface area contributed by atoms with Crippen LogP contribution in [0.4, 0.5) is 5.82 Å². The molecule has 37 heavy (non-hydrogen) atoms. The van der Waals surface area contributed by atoms with Gasteiger partial charge >= 0.3 is 0 Å². The van der Waals surface area contributed by atoms with E-state index in [1.54, 1.807) is 12.4 Å². The van der Waals surface area contributed by atoms with Gasteiger partial charge < -0.3 is 10.6 Å². The zero-order valence-corrected chi connectivity index (χ0v) is 20.5. The number of benzene rings is 1. The lowest BCUT2D eigenvalue weighted by Gasteiger charge is -2.26. The van der Waals surface area contributed by atoms with Gasteiger partial charge in [0, 0.05) is 42.0 Å². The van der Waals surface area contributed by atoms with Crippen molar-refractivity contribution in [2.75, 3.05) is 12.3 Å². The molecule has 0 radical (unpaired) electrons. The predicted molar refractivity (Wildman–Crippen MR) is 141 cm³/mol. The van der Waals surface area contributed by atoms with Gasteiger partial charge in [0.05, 0.1) is 12.5 Å². The maximum absolute atomic E-state index is 12.8. The molecule has 3 aromatic heterocycles. The van der Waals surface area contributed by atoms with E-state index >= 15 is 0 Å². The number of likely N-dealkylation sites (tertiary alicyclic amines) is 1. The average Bonchev–Trinajstić information content (AvgIpc) is 3.63. The highest BCUT2D eigenvalue weighted by Gasteiger charge is 2.48. The van der Waals surface area contributed by atoms with Crippen molar-refractivity contribution in [2.24, 2.45) is 11.8 Å². The number of carbonyl (C=O) groups is 2. The minimum atomic E-state index is -0.153. The summed E-state index contributed by atoms with van der Waals surface area (Å²) >= 11 is 0. The first-order valence-corrected chi connectivity index (χ1v) is 12.6. The standard InChI is InChI=1S/C29H28N6O2/c1-2-24(37)35-17-20-6-5-8-22(20)26(35)29-33-25(27-28(30)32-14-15-34(27)29)19-11-9-18(10-12-19)23(36)16-21-7-3-4-13-31-21/h2-4,7,9-15,20,22,26H,1,5-6,8,16-17H2,(H2,30,32). The van der Waals surface area contributed by atoms with E-state index in [2.05, 4.69) is 16.5 Å². The van der Waals surface area contributed by atoms with Crippen LogP contribution in [0, 0.1) is 11.8 Å². The number of aromatic nitrogens is 4. The molecule has 3 atom stereocenters. The summed E-state index contributed by atoms with van der Waals surface area (Å²) in [5.41, 5.74) is 9.94. The summed E-state index contributed by atoms with van der Waals surface area (Å²) in [5.74, 6) is 1.90. The van der Waals surface area contributed by atoms with Crippen molar-refractivity contribution in [1.29, 1.82) is 0 Å². The fraction of sp³-hybridized carbons (Fsp3) is 0.276. The number of ketones is 1. The maximum atomic E-state index is 12.8. The third kappa shape index (κ3) is 3.98. The Bertz CT molecular complexity index is 1490. The number of carbonyl (C=O) groups excluding carboxylic acids is 2. The molecule has 1 saturated carbocycles. The van der Waals surface area contributed by atoms with Crippen LogP contribution in [-0.2, 0) is 11.2 Å². The molecule has 8 heteroatoms. The molecule has 6 rings (SSSR count). The Morgan fingerprint density at radius 2 is 1.92 bits per heavy atom. The maximum Gasteiger partial charge on any atom is 0.246 e. The van der Waals surface area contributed by atoms with Gasteiger partial charge in [0.25, 0.3) is 0 Å². The van der Waals surface area contributed by atoms with E-state index in [1.807, 2.05) is 58.0 Å². The Morgan fingerprint density at radius 1 is 1.08 bits per heavy atom. The molecule has 1 amide bonds. The minimum absolute atomic E-state index is 0.00127. The van der Waals surface area contributed by atoms with Crippen molar-refractivity contribution in [3.63, 3.8) is 0 Å². The summed E-state index contributed by atoms with van der Waals surface area (Å²) in [5, 5.41) is 0. The van der Waals surface area contributed by atoms with Crippen LogP contribution in [0.25, 0.3) is 16.8 Å². The van der Waals surface area contributed by atoms with Crippen molar-refractivity contribution >= 4 is 23.0 Å². The lowest BCUT2D eigenvalue weighted by atomic mass is 9.93. The Balaban J connectivity index is 1.39. The summed E-state index contributed by atoms with van der Waals surface area (Å²) in [4.78, 5) is 41.2. The van der Waals surface area contributed by atoms with E-state index in [-0.39, 0.29) is 24.2 Å². The number of amides is 1. The van der Waals surface area contributed by atoms with Gasteiger partial charge in [-0.1, -0.05) is 43.3 Å². The second kappa shape index (κ2) is 9.28. The Labute approximate surface area is 214 Å². The molecule has 1 aliphatic carbocycles. The number of nitrogen functional groups attached to an aromatic ring is 1. The molecule has 2 aliphatic rings. The van der Waals surface area contributed by atoms with Gasteiger partial charge in [-0.25, -0.2) is 9.97 Å². The molecular weight excluding hydrogens is 464 g/mol. The fourth-order valence-corrected chi connectivity index (χ4v) is 6.06. The van der Waals surface area contributed by atoms with Crippen LogP contribution in [0.3, 0.4) is 0 Å². The van der Waals surface area contributed by atoms with Crippen molar-refractivity contribution in [3.05, 3.63) is 90.8 Å². The highest BCUT2D eigenvalue weighted by atomic mass is 16.2. The second-order valence-corrected chi connectivity index (χ2v) is 9.84. The first kappa shape index (κ1) is 23.1. The van der Waals surface area contributed by atoms with E-state index in [0.29, 0.717) is 34.4 Å². The van der Waals surface area contributed by atoms with Gasteiger partial charge in [-0.2, -0.15) is 0 Å². The number of nitrogens with two attached hydrogens (primary N) is 1. The van der Waals surface area contributed by atoms with Crippen LogP contribution in [-0.4, -0.2) is 42.5 Å². The van der Waals surface area contributed by atoms with Crippen LogP contribution in [0.15, 0.2) is 73.7 Å². The number of imidazole rings is 1. The molecule has 0 bridgehead atoms. The summed E-state index contributed by atoms with van der Waals surface area (Å²) in [6.45, 7) is 4.45. The summed E-state index contributed by atoms with van der Waals surface area (Å²) in [7, 11) is 0.